The number of aliphatic hydroxyl groups excluding tert-OH is 1. The number of likely N-dealkylation sites (tertiary alicyclic amines) is 1. The molecule has 188 valence electrons. The number of nitrogens with two attached hydrogens (primary N) is 1. The number of pyridine rings is 1. The third kappa shape index (κ3) is 4.52. The summed E-state index contributed by atoms with van der Waals surface area (Å²) in [4.78, 5) is 27.9. The van der Waals surface area contributed by atoms with Gasteiger partial charge < -0.3 is 25.8 Å². The van der Waals surface area contributed by atoms with Gasteiger partial charge in [-0.15, -0.1) is 0 Å². The fraction of sp³-hybridized carbons (Fsp3) is 0.259. The minimum atomic E-state index is -1.04. The molecule has 1 aliphatic heterocycles. The van der Waals surface area contributed by atoms with Gasteiger partial charge in [-0.05, 0) is 43.9 Å². The second-order valence-corrected chi connectivity index (χ2v) is 8.60. The number of imidazole rings is 1. The fourth-order valence-electron chi connectivity index (χ4n) is 4.73. The second-order valence-electron chi connectivity index (χ2n) is 8.60. The highest BCUT2D eigenvalue weighted by atomic mass is 16.5. The van der Waals surface area contributed by atoms with Crippen LogP contribution in [0, 0.1) is 11.8 Å². The van der Waals surface area contributed by atoms with Crippen LogP contribution in [0.1, 0.15) is 43.4 Å². The molecule has 4 heterocycles. The summed E-state index contributed by atoms with van der Waals surface area (Å²) in [5.74, 6) is 7.14. The summed E-state index contributed by atoms with van der Waals surface area (Å²) in [5, 5.41) is 13.8. The summed E-state index contributed by atoms with van der Waals surface area (Å²) in [5.41, 5.74) is 8.84. The molecule has 10 nitrogen and oxygen atoms in total. The van der Waals surface area contributed by atoms with Crippen LogP contribution in [0.5, 0.6) is 5.75 Å². The van der Waals surface area contributed by atoms with Gasteiger partial charge in [-0.3, -0.25) is 9.20 Å². The molecular formula is C27H27N7O3. The first-order valence-electron chi connectivity index (χ1n) is 11.9. The van der Waals surface area contributed by atoms with Crippen LogP contribution in [0.2, 0.25) is 0 Å². The minimum absolute atomic E-state index is 0.217. The summed E-state index contributed by atoms with van der Waals surface area (Å²) < 4.78 is 7.51. The van der Waals surface area contributed by atoms with Crippen molar-refractivity contribution in [3.05, 3.63) is 66.4 Å². The highest BCUT2D eigenvalue weighted by Gasteiger charge is 2.33. The highest BCUT2D eigenvalue weighted by Crippen LogP contribution is 2.38. The van der Waals surface area contributed by atoms with E-state index in [0.717, 1.165) is 18.4 Å². The van der Waals surface area contributed by atoms with E-state index < -0.39 is 6.23 Å². The van der Waals surface area contributed by atoms with Gasteiger partial charge in [-0.25, -0.2) is 15.0 Å². The number of carbonyl (C=O) groups is 1. The summed E-state index contributed by atoms with van der Waals surface area (Å²) in [6.45, 7) is 2.27. The van der Waals surface area contributed by atoms with E-state index in [1.807, 2.05) is 16.5 Å². The zero-order valence-corrected chi connectivity index (χ0v) is 20.5. The van der Waals surface area contributed by atoms with E-state index in [0.29, 0.717) is 46.5 Å². The molecular weight excluding hydrogens is 470 g/mol. The number of aromatic nitrogens is 4. The molecule has 1 fully saturated rings. The number of hydrogen-bond donors (Lipinski definition) is 3. The van der Waals surface area contributed by atoms with Gasteiger partial charge in [0.15, 0.2) is 6.23 Å². The number of aliphatic hydroxyl groups is 1. The number of benzene rings is 1. The molecule has 5 rings (SSSR count). The van der Waals surface area contributed by atoms with Gasteiger partial charge in [0.25, 0.3) is 5.91 Å². The van der Waals surface area contributed by atoms with Gasteiger partial charge in [-0.1, -0.05) is 24.1 Å². The number of methoxy groups -OCH3 is 1. The summed E-state index contributed by atoms with van der Waals surface area (Å²) in [7, 11) is 1.54. The number of hydrogen-bond acceptors (Lipinski definition) is 8. The number of ether oxygens (including phenoxy) is 1. The van der Waals surface area contributed by atoms with Gasteiger partial charge >= 0.3 is 0 Å². The average Bonchev–Trinajstić information content (AvgIpc) is 3.55. The maximum absolute atomic E-state index is 12.7. The Labute approximate surface area is 214 Å². The van der Waals surface area contributed by atoms with Crippen LogP contribution < -0.4 is 15.8 Å². The van der Waals surface area contributed by atoms with Gasteiger partial charge in [0.05, 0.1) is 13.2 Å². The summed E-state index contributed by atoms with van der Waals surface area (Å²) in [6, 6.07) is 10.6. The van der Waals surface area contributed by atoms with Crippen LogP contribution >= 0.6 is 0 Å². The molecule has 3 aromatic heterocycles. The lowest BCUT2D eigenvalue weighted by Crippen LogP contribution is -2.30. The number of carbonyl (C=O) groups excluding carboxylic acids is 1. The second kappa shape index (κ2) is 10.2. The van der Waals surface area contributed by atoms with E-state index >= 15 is 0 Å². The Morgan fingerprint density at radius 2 is 2.14 bits per heavy atom. The van der Waals surface area contributed by atoms with Crippen molar-refractivity contribution >= 4 is 23.1 Å². The number of amides is 1. The van der Waals surface area contributed by atoms with E-state index in [1.54, 1.807) is 61.8 Å². The molecule has 0 radical (unpaired) electrons. The lowest BCUT2D eigenvalue weighted by Gasteiger charge is -2.21. The molecule has 0 aliphatic carbocycles. The minimum Gasteiger partial charge on any atom is -0.496 e. The third-order valence-electron chi connectivity index (χ3n) is 6.40. The van der Waals surface area contributed by atoms with Crippen molar-refractivity contribution < 1.29 is 14.6 Å². The van der Waals surface area contributed by atoms with Crippen molar-refractivity contribution in [1.29, 1.82) is 0 Å². The first kappa shape index (κ1) is 24.1. The molecule has 2 atom stereocenters. The lowest BCUT2D eigenvalue weighted by molar-refractivity contribution is -0.126. The van der Waals surface area contributed by atoms with E-state index in [1.165, 1.54) is 0 Å². The standard InChI is InChI=1S/C27H27N7O3/c1-3-7-22(35)33-14-6-8-19(33)26-32-23(24-25(28)30-13-15-34(24)26)17-10-11-18(20(16-17)37-2)27(36)31-21-9-4-5-12-29-21/h4-5,9-13,15-16,19,27,36H,6,8,14H2,1-2H3,(H2,28,30)(H,29,31)/t19-,27?/m0/s1. The Morgan fingerprint density at radius 1 is 1.27 bits per heavy atom. The van der Waals surface area contributed by atoms with Crippen LogP contribution in [0.4, 0.5) is 11.6 Å². The molecule has 4 aromatic rings. The smallest absolute Gasteiger partial charge is 0.299 e. The molecule has 1 unspecified atom stereocenters. The van der Waals surface area contributed by atoms with Crippen LogP contribution in [-0.4, -0.2) is 48.9 Å². The number of rotatable bonds is 6. The van der Waals surface area contributed by atoms with E-state index in [2.05, 4.69) is 27.1 Å². The number of nitrogens with one attached hydrogen (secondary N) is 1. The Balaban J connectivity index is 1.56. The Bertz CT molecular complexity index is 1510. The van der Waals surface area contributed by atoms with E-state index in [-0.39, 0.29) is 11.9 Å². The molecule has 10 heteroatoms. The number of fused-ring (bicyclic) bond motifs is 1. The first-order chi connectivity index (χ1) is 18.0. The van der Waals surface area contributed by atoms with Crippen molar-refractivity contribution in [2.75, 3.05) is 24.7 Å². The molecule has 0 saturated carbocycles. The molecule has 4 N–H and O–H groups in total. The van der Waals surface area contributed by atoms with Crippen molar-refractivity contribution in [2.24, 2.45) is 0 Å². The monoisotopic (exact) mass is 497 g/mol. The largest absolute Gasteiger partial charge is 0.496 e. The van der Waals surface area contributed by atoms with Crippen LogP contribution in [0.15, 0.2) is 55.0 Å². The van der Waals surface area contributed by atoms with Gasteiger partial charge in [0, 0.05) is 36.3 Å². The molecule has 37 heavy (non-hydrogen) atoms. The zero-order valence-electron chi connectivity index (χ0n) is 20.5. The topological polar surface area (TPSA) is 131 Å². The van der Waals surface area contributed by atoms with Crippen LogP contribution in [0.25, 0.3) is 16.8 Å². The van der Waals surface area contributed by atoms with Crippen molar-refractivity contribution in [2.45, 2.75) is 32.0 Å². The zero-order chi connectivity index (χ0) is 25.9. The van der Waals surface area contributed by atoms with Crippen molar-refractivity contribution in [3.63, 3.8) is 0 Å². The van der Waals surface area contributed by atoms with E-state index in [4.69, 9.17) is 15.5 Å². The van der Waals surface area contributed by atoms with Gasteiger partial charge in [0.1, 0.15) is 34.4 Å². The Hall–Kier alpha value is -4.62. The fourth-order valence-corrected chi connectivity index (χ4v) is 4.73. The van der Waals surface area contributed by atoms with Crippen molar-refractivity contribution in [1.82, 2.24) is 24.3 Å². The maximum atomic E-state index is 12.7. The highest BCUT2D eigenvalue weighted by molar-refractivity contribution is 5.94. The number of nitrogens with zero attached hydrogens (tertiary/aromatic N) is 5. The van der Waals surface area contributed by atoms with Gasteiger partial charge in [-0.2, -0.15) is 0 Å². The van der Waals surface area contributed by atoms with Crippen LogP contribution in [0.3, 0.4) is 0 Å². The lowest BCUT2D eigenvalue weighted by atomic mass is 10.1. The Morgan fingerprint density at radius 3 is 2.89 bits per heavy atom. The third-order valence-corrected chi connectivity index (χ3v) is 6.40. The Kier molecular flexibility index (Phi) is 6.62. The molecule has 1 amide bonds. The normalized spacial score (nSPS) is 15.8. The molecule has 0 spiro atoms. The SMILES string of the molecule is CC#CC(=O)N1CCC[C@H]1c1nc(-c2ccc(C(O)Nc3ccccn3)c(OC)c2)c2c(N)nccn12. The summed E-state index contributed by atoms with van der Waals surface area (Å²) in [6.07, 6.45) is 5.65. The van der Waals surface area contributed by atoms with Crippen LogP contribution in [-0.2, 0) is 4.79 Å². The number of anilines is 2. The first-order valence-corrected chi connectivity index (χ1v) is 11.9. The predicted octanol–water partition coefficient (Wildman–Crippen LogP) is 3.17. The van der Waals surface area contributed by atoms with E-state index in [9.17, 15) is 9.90 Å². The maximum Gasteiger partial charge on any atom is 0.299 e. The molecule has 1 saturated heterocycles. The number of nitrogen functional groups attached to an aromatic ring is 1. The quantitative estimate of drug-likeness (QED) is 0.274. The molecule has 0 bridgehead atoms. The predicted molar refractivity (Wildman–Crippen MR) is 139 cm³/mol. The molecule has 1 aliphatic rings. The molecule has 1 aromatic carbocycles. The average molecular weight is 498 g/mol. The van der Waals surface area contributed by atoms with Crippen molar-refractivity contribution in [3.8, 4) is 28.8 Å². The van der Waals surface area contributed by atoms with Gasteiger partial charge in [0.2, 0.25) is 0 Å². The summed E-state index contributed by atoms with van der Waals surface area (Å²) >= 11 is 0.